The summed E-state index contributed by atoms with van der Waals surface area (Å²) in [6.07, 6.45) is 24.9. The Balaban J connectivity index is 0.000000614. The number of fused-ring (bicyclic) bond motifs is 7. The minimum atomic E-state index is -0.296. The molecule has 5 fully saturated rings. The number of esters is 1. The van der Waals surface area contributed by atoms with Crippen LogP contribution in [0.2, 0.25) is 0 Å². The van der Waals surface area contributed by atoms with Crippen LogP contribution in [0.4, 0.5) is 0 Å². The predicted octanol–water partition coefficient (Wildman–Crippen LogP) is 13.4. The summed E-state index contributed by atoms with van der Waals surface area (Å²) in [5.74, 6) is 4.16. The molecular weight excluding hydrogens is 611 g/mol. The average molecular weight is 694 g/mol. The topological polar surface area (TPSA) is 52.3 Å². The fourth-order valence-electron chi connectivity index (χ4n) is 13.5. The van der Waals surface area contributed by atoms with Gasteiger partial charge < -0.3 is 10.5 Å². The first-order valence-corrected chi connectivity index (χ1v) is 21.5. The fourth-order valence-corrected chi connectivity index (χ4v) is 13.5. The molecule has 2 N–H and O–H groups in total. The SMILES string of the molecule is C=CC.CC.CC.CC(C)OC(=O)C1(C)CC2(C=C(C3=CCC4(C)C(CCC5(C)C6CCC7(N)CCC[C@@H]7C6CCC54)C3(C)C)C2)C1.CCC. The Morgan fingerprint density at radius 2 is 1.48 bits per heavy atom. The zero-order valence-corrected chi connectivity index (χ0v) is 35.7. The van der Waals surface area contributed by atoms with E-state index in [1.165, 1.54) is 70.6 Å². The lowest BCUT2D eigenvalue weighted by Crippen LogP contribution is -2.63. The van der Waals surface area contributed by atoms with Gasteiger partial charge in [-0.2, -0.15) is 0 Å². The van der Waals surface area contributed by atoms with Gasteiger partial charge in [0, 0.05) is 5.54 Å². The van der Waals surface area contributed by atoms with Gasteiger partial charge in [0.1, 0.15) is 0 Å². The first-order chi connectivity index (χ1) is 23.5. The maximum absolute atomic E-state index is 12.7. The number of hydrogen-bond donors (Lipinski definition) is 1. The molecule has 8 atom stereocenters. The first-order valence-electron chi connectivity index (χ1n) is 21.5. The van der Waals surface area contributed by atoms with E-state index in [-0.39, 0.29) is 33.9 Å². The lowest BCUT2D eigenvalue weighted by molar-refractivity contribution is -0.175. The maximum atomic E-state index is 12.7. The van der Waals surface area contributed by atoms with Crippen LogP contribution in [0.25, 0.3) is 0 Å². The number of carbonyl (C=O) groups is 1. The summed E-state index contributed by atoms with van der Waals surface area (Å²) in [4.78, 5) is 12.7. The molecule has 0 saturated heterocycles. The largest absolute Gasteiger partial charge is 0.463 e. The van der Waals surface area contributed by atoms with Crippen molar-refractivity contribution in [1.29, 1.82) is 0 Å². The lowest BCUT2D eigenvalue weighted by Gasteiger charge is -2.68. The zero-order valence-electron chi connectivity index (χ0n) is 35.7. The highest BCUT2D eigenvalue weighted by Gasteiger charge is 2.66. The molecule has 5 saturated carbocycles. The molecule has 0 heterocycles. The Hall–Kier alpha value is -1.35. The van der Waals surface area contributed by atoms with Crippen molar-refractivity contribution >= 4 is 5.97 Å². The molecule has 7 aliphatic carbocycles. The van der Waals surface area contributed by atoms with Crippen molar-refractivity contribution in [3.63, 3.8) is 0 Å². The van der Waals surface area contributed by atoms with Gasteiger partial charge in [0.05, 0.1) is 11.5 Å². The second-order valence-corrected chi connectivity index (χ2v) is 19.0. The molecule has 0 radical (unpaired) electrons. The van der Waals surface area contributed by atoms with Gasteiger partial charge >= 0.3 is 5.97 Å². The first kappa shape index (κ1) is 43.1. The molecule has 0 bridgehead atoms. The van der Waals surface area contributed by atoms with E-state index in [2.05, 4.69) is 67.2 Å². The van der Waals surface area contributed by atoms with Gasteiger partial charge in [-0.3, -0.25) is 4.79 Å². The van der Waals surface area contributed by atoms with Crippen LogP contribution >= 0.6 is 0 Å². The monoisotopic (exact) mass is 694 g/mol. The molecule has 50 heavy (non-hydrogen) atoms. The average Bonchev–Trinajstić information content (AvgIpc) is 3.43. The Morgan fingerprint density at radius 1 is 0.900 bits per heavy atom. The smallest absolute Gasteiger partial charge is 0.312 e. The Kier molecular flexibility index (Phi) is 14.1. The van der Waals surface area contributed by atoms with Crippen molar-refractivity contribution in [2.24, 2.45) is 62.4 Å². The Labute approximate surface area is 311 Å². The standard InChI is InChI=1S/C37H57NO2.C3H8.C3H6.2C2H6/c1-23(2)40-31(39)33(5)21-36(22-33)19-24(20-36)26-12-16-35(7)29(32(26,3)4)14-17-34(6)27-13-18-37(38)15-8-9-28(37)25(27)10-11-30(34)35;2*1-3-2;2*1-2/h12,19,23,25,27-30H,8-11,13-18,20-22,38H2,1-7H3;3H2,1-2H3;3H,1H2,2H3;2*1-2H3/t25?,27?,28-,29?,30?,33?,34?,35?,36?,37?;;;;/m1..../s1. The van der Waals surface area contributed by atoms with Gasteiger partial charge in [0.2, 0.25) is 0 Å². The molecule has 3 nitrogen and oxygen atoms in total. The van der Waals surface area contributed by atoms with Crippen LogP contribution in [-0.4, -0.2) is 17.6 Å². The van der Waals surface area contributed by atoms with Crippen molar-refractivity contribution in [2.45, 2.75) is 198 Å². The highest BCUT2D eigenvalue weighted by Crippen LogP contribution is 2.73. The van der Waals surface area contributed by atoms with Crippen molar-refractivity contribution in [2.75, 3.05) is 0 Å². The summed E-state index contributed by atoms with van der Waals surface area (Å²) in [6.45, 7) is 34.1. The number of allylic oxidation sites excluding steroid dienone is 5. The Bertz CT molecular complexity index is 1220. The lowest BCUT2D eigenvalue weighted by atomic mass is 9.36. The molecule has 0 aliphatic heterocycles. The predicted molar refractivity (Wildman–Crippen MR) is 217 cm³/mol. The summed E-state index contributed by atoms with van der Waals surface area (Å²) < 4.78 is 5.60. The van der Waals surface area contributed by atoms with E-state index in [0.717, 1.165) is 48.9 Å². The van der Waals surface area contributed by atoms with Crippen LogP contribution < -0.4 is 5.73 Å². The molecule has 3 heteroatoms. The van der Waals surface area contributed by atoms with E-state index < -0.39 is 0 Å². The molecular formula is C47H83NO2. The molecule has 0 amide bonds. The van der Waals surface area contributed by atoms with Gasteiger partial charge in [-0.1, -0.05) is 100 Å². The highest BCUT2D eigenvalue weighted by molar-refractivity contribution is 5.78. The van der Waals surface area contributed by atoms with Crippen LogP contribution in [0.1, 0.15) is 187 Å². The second-order valence-electron chi connectivity index (χ2n) is 19.0. The van der Waals surface area contributed by atoms with Crippen LogP contribution in [0.15, 0.2) is 36.0 Å². The normalized spacial score (nSPS) is 42.7. The van der Waals surface area contributed by atoms with Crippen molar-refractivity contribution < 1.29 is 9.53 Å². The van der Waals surface area contributed by atoms with Crippen LogP contribution in [0.3, 0.4) is 0 Å². The van der Waals surface area contributed by atoms with Gasteiger partial charge in [-0.15, -0.1) is 6.58 Å². The quantitative estimate of drug-likeness (QED) is 0.236. The second kappa shape index (κ2) is 16.3. The number of nitrogens with two attached hydrogens (primary N) is 1. The third kappa shape index (κ3) is 7.40. The molecule has 7 rings (SSSR count). The van der Waals surface area contributed by atoms with Crippen LogP contribution in [0, 0.1) is 56.7 Å². The summed E-state index contributed by atoms with van der Waals surface area (Å²) in [7, 11) is 0. The van der Waals surface area contributed by atoms with Crippen molar-refractivity contribution in [3.8, 4) is 0 Å². The molecule has 7 unspecified atom stereocenters. The van der Waals surface area contributed by atoms with E-state index in [1.807, 2.05) is 48.5 Å². The Morgan fingerprint density at radius 3 is 2.04 bits per heavy atom. The number of ether oxygens (including phenoxy) is 1. The summed E-state index contributed by atoms with van der Waals surface area (Å²) in [6, 6.07) is 0. The van der Waals surface area contributed by atoms with Gasteiger partial charge in [-0.05, 0) is 167 Å². The van der Waals surface area contributed by atoms with Crippen LogP contribution in [-0.2, 0) is 9.53 Å². The summed E-state index contributed by atoms with van der Waals surface area (Å²) in [5, 5.41) is 0. The molecule has 0 aromatic rings. The van der Waals surface area contributed by atoms with E-state index in [1.54, 1.807) is 17.2 Å². The highest BCUT2D eigenvalue weighted by atomic mass is 16.5. The maximum Gasteiger partial charge on any atom is 0.312 e. The summed E-state index contributed by atoms with van der Waals surface area (Å²) >= 11 is 0. The van der Waals surface area contributed by atoms with Crippen LogP contribution in [0.5, 0.6) is 0 Å². The fraction of sp³-hybridized carbons (Fsp3) is 0.851. The van der Waals surface area contributed by atoms with E-state index in [4.69, 9.17) is 10.5 Å². The molecule has 0 aromatic heterocycles. The van der Waals surface area contributed by atoms with Gasteiger partial charge in [-0.25, -0.2) is 0 Å². The van der Waals surface area contributed by atoms with Crippen molar-refractivity contribution in [3.05, 3.63) is 36.0 Å². The van der Waals surface area contributed by atoms with E-state index in [0.29, 0.717) is 10.8 Å². The number of rotatable bonds is 3. The van der Waals surface area contributed by atoms with E-state index in [9.17, 15) is 4.79 Å². The molecule has 288 valence electrons. The summed E-state index contributed by atoms with van der Waals surface area (Å²) in [5.41, 5.74) is 11.5. The zero-order chi connectivity index (χ0) is 37.9. The minimum Gasteiger partial charge on any atom is -0.463 e. The number of carbonyl (C=O) groups excluding carboxylic acids is 1. The minimum absolute atomic E-state index is 0.00554. The van der Waals surface area contributed by atoms with Gasteiger partial charge in [0.15, 0.2) is 0 Å². The van der Waals surface area contributed by atoms with Crippen molar-refractivity contribution in [1.82, 2.24) is 0 Å². The number of hydrogen-bond acceptors (Lipinski definition) is 3. The van der Waals surface area contributed by atoms with E-state index >= 15 is 0 Å². The molecule has 7 aliphatic rings. The van der Waals surface area contributed by atoms with Gasteiger partial charge in [0.25, 0.3) is 0 Å². The molecule has 1 spiro atoms. The molecule has 0 aromatic carbocycles. The third-order valence-electron chi connectivity index (χ3n) is 14.8. The third-order valence-corrected chi connectivity index (χ3v) is 14.8.